The number of nitrogens with zero attached hydrogens (tertiary/aromatic N) is 1. The summed E-state index contributed by atoms with van der Waals surface area (Å²) < 4.78 is 38.5. The molecule has 8 heteroatoms. The molecule has 0 bridgehead atoms. The Kier molecular flexibility index (Phi) is 6.15. The summed E-state index contributed by atoms with van der Waals surface area (Å²) in [5, 5.41) is 0. The van der Waals surface area contributed by atoms with Crippen molar-refractivity contribution < 1.29 is 18.0 Å². The van der Waals surface area contributed by atoms with Crippen LogP contribution in [0.15, 0.2) is 22.7 Å². The van der Waals surface area contributed by atoms with Crippen LogP contribution in [0.25, 0.3) is 0 Å². The lowest BCUT2D eigenvalue weighted by Crippen LogP contribution is -2.38. The van der Waals surface area contributed by atoms with Gasteiger partial charge in [0.25, 0.3) is 5.91 Å². The molecular formula is C13H14BrF3N2OS. The molecule has 1 rings (SSSR count). The standard InChI is InChI=1S/C13H14BrF3N2OS/c1-2-5-19(7-11(18)21)12(20)8-3-4-10(14)9(6-8)13(15,16)17/h3-4,6H,2,5,7H2,1H3,(H2,18,21). The van der Waals surface area contributed by atoms with E-state index >= 15 is 0 Å². The molecule has 0 aliphatic rings. The number of carbonyl (C=O) groups excluding carboxylic acids is 1. The first-order valence-electron chi connectivity index (χ1n) is 6.11. The van der Waals surface area contributed by atoms with E-state index < -0.39 is 17.6 Å². The molecule has 0 saturated heterocycles. The smallest absolute Gasteiger partial charge is 0.392 e. The summed E-state index contributed by atoms with van der Waals surface area (Å²) in [6.07, 6.45) is -3.88. The van der Waals surface area contributed by atoms with Crippen LogP contribution in [0.2, 0.25) is 0 Å². The number of amides is 1. The van der Waals surface area contributed by atoms with Crippen molar-refractivity contribution in [2.24, 2.45) is 5.73 Å². The third-order valence-electron chi connectivity index (χ3n) is 2.65. The third-order valence-corrected chi connectivity index (χ3v) is 3.47. The Morgan fingerprint density at radius 2 is 2.05 bits per heavy atom. The molecule has 0 fully saturated rings. The predicted octanol–water partition coefficient (Wildman–Crippen LogP) is 3.61. The lowest BCUT2D eigenvalue weighted by molar-refractivity contribution is -0.138. The lowest BCUT2D eigenvalue weighted by atomic mass is 10.1. The molecule has 0 aliphatic heterocycles. The summed E-state index contributed by atoms with van der Waals surface area (Å²) in [4.78, 5) is 13.7. The van der Waals surface area contributed by atoms with E-state index in [0.29, 0.717) is 13.0 Å². The number of rotatable bonds is 5. The summed E-state index contributed by atoms with van der Waals surface area (Å²) in [5.41, 5.74) is 4.48. The highest BCUT2D eigenvalue weighted by atomic mass is 79.9. The normalized spacial score (nSPS) is 11.3. The second-order valence-corrected chi connectivity index (χ2v) is 5.76. The van der Waals surface area contributed by atoms with E-state index in [2.05, 4.69) is 15.9 Å². The van der Waals surface area contributed by atoms with Gasteiger partial charge in [-0.1, -0.05) is 35.1 Å². The predicted molar refractivity (Wildman–Crippen MR) is 82.1 cm³/mol. The third kappa shape index (κ3) is 4.96. The quantitative estimate of drug-likeness (QED) is 0.791. The van der Waals surface area contributed by atoms with Crippen LogP contribution in [0.5, 0.6) is 0 Å². The fourth-order valence-electron chi connectivity index (χ4n) is 1.77. The van der Waals surface area contributed by atoms with Gasteiger partial charge in [-0.05, 0) is 24.6 Å². The average Bonchev–Trinajstić information content (AvgIpc) is 2.36. The number of hydrogen-bond donors (Lipinski definition) is 1. The zero-order valence-corrected chi connectivity index (χ0v) is 13.6. The second kappa shape index (κ2) is 7.22. The number of thiocarbonyl (C=S) groups is 1. The van der Waals surface area contributed by atoms with E-state index in [1.165, 1.54) is 17.0 Å². The van der Waals surface area contributed by atoms with Crippen molar-refractivity contribution in [1.29, 1.82) is 0 Å². The molecule has 0 unspecified atom stereocenters. The van der Waals surface area contributed by atoms with Gasteiger partial charge in [0.15, 0.2) is 0 Å². The Balaban J connectivity index is 3.13. The number of nitrogens with two attached hydrogens (primary N) is 1. The van der Waals surface area contributed by atoms with Gasteiger partial charge in [-0.2, -0.15) is 13.2 Å². The first-order chi connectivity index (χ1) is 9.66. The molecule has 0 saturated carbocycles. The molecule has 1 amide bonds. The fourth-order valence-corrected chi connectivity index (χ4v) is 2.40. The zero-order valence-electron chi connectivity index (χ0n) is 11.2. The molecule has 0 radical (unpaired) electrons. The molecule has 0 heterocycles. The molecule has 1 aromatic rings. The number of alkyl halides is 3. The highest BCUT2D eigenvalue weighted by molar-refractivity contribution is 9.10. The largest absolute Gasteiger partial charge is 0.417 e. The summed E-state index contributed by atoms with van der Waals surface area (Å²) in [6, 6.07) is 3.37. The van der Waals surface area contributed by atoms with Crippen LogP contribution in [0, 0.1) is 0 Å². The fraction of sp³-hybridized carbons (Fsp3) is 0.385. The number of halogens is 4. The van der Waals surface area contributed by atoms with E-state index in [-0.39, 0.29) is 21.6 Å². The minimum absolute atomic E-state index is 0.0411. The van der Waals surface area contributed by atoms with Crippen molar-refractivity contribution in [1.82, 2.24) is 4.90 Å². The number of carbonyl (C=O) groups is 1. The van der Waals surface area contributed by atoms with Gasteiger partial charge >= 0.3 is 6.18 Å². The van der Waals surface area contributed by atoms with E-state index in [1.54, 1.807) is 0 Å². The molecule has 116 valence electrons. The van der Waals surface area contributed by atoms with Crippen LogP contribution >= 0.6 is 28.1 Å². The monoisotopic (exact) mass is 382 g/mol. The first-order valence-corrected chi connectivity index (χ1v) is 7.31. The van der Waals surface area contributed by atoms with Crippen LogP contribution in [-0.4, -0.2) is 28.9 Å². The molecule has 0 aromatic heterocycles. The molecule has 0 atom stereocenters. The van der Waals surface area contributed by atoms with Crippen LogP contribution in [0.3, 0.4) is 0 Å². The van der Waals surface area contributed by atoms with E-state index in [9.17, 15) is 18.0 Å². The molecule has 2 N–H and O–H groups in total. The van der Waals surface area contributed by atoms with Gasteiger partial charge in [-0.3, -0.25) is 4.79 Å². The number of benzene rings is 1. The summed E-state index contributed by atoms with van der Waals surface area (Å²) in [5.74, 6) is -0.525. The topological polar surface area (TPSA) is 46.3 Å². The maximum atomic E-state index is 12.9. The van der Waals surface area contributed by atoms with Gasteiger partial charge in [0.05, 0.1) is 17.1 Å². The van der Waals surface area contributed by atoms with Gasteiger partial charge in [-0.15, -0.1) is 0 Å². The first kappa shape index (κ1) is 17.9. The molecule has 0 aliphatic carbocycles. The second-order valence-electron chi connectivity index (χ2n) is 4.39. The Bertz CT molecular complexity index is 549. The highest BCUT2D eigenvalue weighted by Gasteiger charge is 2.34. The Morgan fingerprint density at radius 1 is 1.43 bits per heavy atom. The van der Waals surface area contributed by atoms with Crippen LogP contribution in [0.4, 0.5) is 13.2 Å². The molecule has 3 nitrogen and oxygen atoms in total. The van der Waals surface area contributed by atoms with Crippen molar-refractivity contribution in [3.05, 3.63) is 33.8 Å². The van der Waals surface area contributed by atoms with Gasteiger partial charge < -0.3 is 10.6 Å². The summed E-state index contributed by atoms with van der Waals surface area (Å²) in [6.45, 7) is 2.26. The summed E-state index contributed by atoms with van der Waals surface area (Å²) >= 11 is 7.60. The van der Waals surface area contributed by atoms with Gasteiger partial charge in [-0.25, -0.2) is 0 Å². The van der Waals surface area contributed by atoms with Crippen molar-refractivity contribution in [3.63, 3.8) is 0 Å². The zero-order chi connectivity index (χ0) is 16.2. The van der Waals surface area contributed by atoms with E-state index in [4.69, 9.17) is 18.0 Å². The maximum Gasteiger partial charge on any atom is 0.417 e. The van der Waals surface area contributed by atoms with Gasteiger partial charge in [0.1, 0.15) is 0 Å². The van der Waals surface area contributed by atoms with Gasteiger partial charge in [0, 0.05) is 16.6 Å². The van der Waals surface area contributed by atoms with Crippen molar-refractivity contribution >= 4 is 39.0 Å². The Labute approximate surface area is 134 Å². The van der Waals surface area contributed by atoms with Crippen LogP contribution in [0.1, 0.15) is 29.3 Å². The molecule has 21 heavy (non-hydrogen) atoms. The molecular weight excluding hydrogens is 369 g/mol. The summed E-state index contributed by atoms with van der Waals surface area (Å²) in [7, 11) is 0. The van der Waals surface area contributed by atoms with Crippen LogP contribution < -0.4 is 5.73 Å². The number of hydrogen-bond acceptors (Lipinski definition) is 2. The highest BCUT2D eigenvalue weighted by Crippen LogP contribution is 2.35. The van der Waals surface area contributed by atoms with E-state index in [0.717, 1.165) is 6.07 Å². The molecule has 0 spiro atoms. The van der Waals surface area contributed by atoms with E-state index in [1.807, 2.05) is 6.92 Å². The Hall–Kier alpha value is -1.15. The lowest BCUT2D eigenvalue weighted by Gasteiger charge is -2.22. The van der Waals surface area contributed by atoms with Crippen molar-refractivity contribution in [2.45, 2.75) is 19.5 Å². The SMILES string of the molecule is CCCN(CC(N)=S)C(=O)c1ccc(Br)c(C(F)(F)F)c1. The van der Waals surface area contributed by atoms with Crippen LogP contribution in [-0.2, 0) is 6.18 Å². The average molecular weight is 383 g/mol. The van der Waals surface area contributed by atoms with Crippen molar-refractivity contribution in [3.8, 4) is 0 Å². The minimum Gasteiger partial charge on any atom is -0.392 e. The maximum absolute atomic E-state index is 12.9. The minimum atomic E-state index is -4.53. The molecule has 1 aromatic carbocycles. The Morgan fingerprint density at radius 3 is 2.52 bits per heavy atom. The van der Waals surface area contributed by atoms with Gasteiger partial charge in [0.2, 0.25) is 0 Å². The van der Waals surface area contributed by atoms with Crippen molar-refractivity contribution in [2.75, 3.05) is 13.1 Å².